The summed E-state index contributed by atoms with van der Waals surface area (Å²) in [6.07, 6.45) is 2.90. The number of aryl methyl sites for hydroxylation is 2. The van der Waals surface area contributed by atoms with Gasteiger partial charge in [0.05, 0.1) is 5.56 Å². The zero-order valence-electron chi connectivity index (χ0n) is 15.3. The highest BCUT2D eigenvalue weighted by molar-refractivity contribution is 7.16. The quantitative estimate of drug-likeness (QED) is 0.634. The molecule has 1 aromatic carbocycles. The highest BCUT2D eigenvalue weighted by Gasteiger charge is 2.33. The number of carbonyl (C=O) groups is 1. The molecule has 0 saturated carbocycles. The number of fused-ring (bicyclic) bond motifs is 1. The van der Waals surface area contributed by atoms with Gasteiger partial charge in [0.15, 0.2) is 0 Å². The van der Waals surface area contributed by atoms with Crippen molar-refractivity contribution in [2.75, 3.05) is 7.05 Å². The van der Waals surface area contributed by atoms with Crippen molar-refractivity contribution in [3.05, 3.63) is 45.3 Å². The average molecular weight is 359 g/mol. The minimum absolute atomic E-state index is 0.154. The van der Waals surface area contributed by atoms with Crippen molar-refractivity contribution in [2.24, 2.45) is 11.3 Å². The Morgan fingerprint density at radius 1 is 1.40 bits per heavy atom. The summed E-state index contributed by atoms with van der Waals surface area (Å²) in [5.74, 6) is 5.05. The van der Waals surface area contributed by atoms with E-state index in [0.717, 1.165) is 46.4 Å². The van der Waals surface area contributed by atoms with E-state index < -0.39 is 5.97 Å². The second-order valence-corrected chi connectivity index (χ2v) is 8.98. The Bertz CT molecular complexity index is 821. The van der Waals surface area contributed by atoms with Crippen molar-refractivity contribution in [2.45, 2.75) is 46.6 Å². The molecular weight excluding hydrogens is 332 g/mol. The molecular formula is C20H26N2O2S. The summed E-state index contributed by atoms with van der Waals surface area (Å²) >= 11 is 1.66. The first kappa shape index (κ1) is 18.1. The van der Waals surface area contributed by atoms with Crippen LogP contribution < -0.4 is 5.84 Å². The van der Waals surface area contributed by atoms with Gasteiger partial charge < -0.3 is 5.11 Å². The molecule has 0 aliphatic heterocycles. The fourth-order valence-corrected chi connectivity index (χ4v) is 5.23. The molecule has 0 atom stereocenters. The van der Waals surface area contributed by atoms with Crippen molar-refractivity contribution in [1.82, 2.24) is 5.01 Å². The molecule has 0 unspecified atom stereocenters. The Morgan fingerprint density at radius 3 is 2.76 bits per heavy atom. The third kappa shape index (κ3) is 3.50. The molecule has 5 heteroatoms. The van der Waals surface area contributed by atoms with E-state index >= 15 is 0 Å². The number of hydrazine groups is 1. The molecule has 25 heavy (non-hydrogen) atoms. The number of carboxylic acid groups (broad SMARTS) is 1. The summed E-state index contributed by atoms with van der Waals surface area (Å²) in [6.45, 7) is 7.08. The lowest BCUT2D eigenvalue weighted by atomic mass is 9.75. The van der Waals surface area contributed by atoms with E-state index in [-0.39, 0.29) is 5.41 Å². The van der Waals surface area contributed by atoms with E-state index in [2.05, 4.69) is 13.8 Å². The number of hydrogen-bond donors (Lipinski definition) is 2. The topological polar surface area (TPSA) is 66.6 Å². The third-order valence-electron chi connectivity index (χ3n) is 4.99. The van der Waals surface area contributed by atoms with Gasteiger partial charge in [0, 0.05) is 28.9 Å². The standard InChI is InChI=1S/C20H26N2O2S/c1-12-6-5-7-13(11-22(4)21)16(12)18-17(19(23)24)14-10-20(2,3)9-8-15(14)25-18/h5-7H,8-11,21H2,1-4H3,(H,23,24). The Hall–Kier alpha value is -1.69. The Morgan fingerprint density at radius 2 is 2.12 bits per heavy atom. The maximum atomic E-state index is 12.2. The van der Waals surface area contributed by atoms with Crippen LogP contribution in [-0.4, -0.2) is 23.1 Å². The largest absolute Gasteiger partial charge is 0.478 e. The smallest absolute Gasteiger partial charge is 0.337 e. The number of nitrogens with two attached hydrogens (primary N) is 1. The number of benzene rings is 1. The fraction of sp³-hybridized carbons (Fsp3) is 0.450. The summed E-state index contributed by atoms with van der Waals surface area (Å²) < 4.78 is 0. The zero-order chi connectivity index (χ0) is 18.4. The van der Waals surface area contributed by atoms with Gasteiger partial charge in [-0.05, 0) is 48.3 Å². The summed E-state index contributed by atoms with van der Waals surface area (Å²) in [7, 11) is 1.83. The molecule has 1 aromatic heterocycles. The van der Waals surface area contributed by atoms with Gasteiger partial charge in [-0.25, -0.2) is 9.80 Å². The molecule has 0 radical (unpaired) electrons. The lowest BCUT2D eigenvalue weighted by molar-refractivity contribution is 0.0696. The number of hydrogen-bond acceptors (Lipinski definition) is 4. The van der Waals surface area contributed by atoms with E-state index in [9.17, 15) is 9.90 Å². The molecule has 0 bridgehead atoms. The van der Waals surface area contributed by atoms with Crippen molar-refractivity contribution >= 4 is 17.3 Å². The fourth-order valence-electron chi connectivity index (χ4n) is 3.78. The molecule has 1 aliphatic carbocycles. The first-order valence-electron chi connectivity index (χ1n) is 8.62. The van der Waals surface area contributed by atoms with Crippen LogP contribution in [0.5, 0.6) is 0 Å². The molecule has 1 heterocycles. The van der Waals surface area contributed by atoms with Crippen LogP contribution in [0.25, 0.3) is 10.4 Å². The average Bonchev–Trinajstić information content (AvgIpc) is 2.83. The SMILES string of the molecule is Cc1cccc(CN(C)N)c1-c1sc2c(c1C(=O)O)CC(C)(C)CC2. The summed E-state index contributed by atoms with van der Waals surface area (Å²) in [6, 6.07) is 6.10. The first-order valence-corrected chi connectivity index (χ1v) is 9.44. The second-order valence-electron chi connectivity index (χ2n) is 7.88. The van der Waals surface area contributed by atoms with Crippen LogP contribution in [0.2, 0.25) is 0 Å². The molecule has 3 rings (SSSR count). The van der Waals surface area contributed by atoms with Gasteiger partial charge in [-0.15, -0.1) is 11.3 Å². The van der Waals surface area contributed by atoms with Gasteiger partial charge in [-0.3, -0.25) is 5.84 Å². The van der Waals surface area contributed by atoms with Crippen molar-refractivity contribution in [3.8, 4) is 10.4 Å². The predicted molar refractivity (Wildman–Crippen MR) is 103 cm³/mol. The highest BCUT2D eigenvalue weighted by atomic mass is 32.1. The lowest BCUT2D eigenvalue weighted by Gasteiger charge is -2.29. The van der Waals surface area contributed by atoms with Crippen LogP contribution >= 0.6 is 11.3 Å². The normalized spacial score (nSPS) is 16.1. The lowest BCUT2D eigenvalue weighted by Crippen LogP contribution is -2.25. The number of aromatic carboxylic acids is 1. The van der Waals surface area contributed by atoms with Crippen LogP contribution in [0.15, 0.2) is 18.2 Å². The summed E-state index contributed by atoms with van der Waals surface area (Å²) in [5.41, 5.74) is 4.91. The van der Waals surface area contributed by atoms with Crippen molar-refractivity contribution in [1.29, 1.82) is 0 Å². The summed E-state index contributed by atoms with van der Waals surface area (Å²) in [4.78, 5) is 14.3. The maximum absolute atomic E-state index is 12.2. The van der Waals surface area contributed by atoms with Crippen LogP contribution in [-0.2, 0) is 19.4 Å². The van der Waals surface area contributed by atoms with Gasteiger partial charge in [0.1, 0.15) is 0 Å². The van der Waals surface area contributed by atoms with Gasteiger partial charge in [0.2, 0.25) is 0 Å². The number of nitrogens with zero attached hydrogens (tertiary/aromatic N) is 1. The van der Waals surface area contributed by atoms with E-state index in [1.54, 1.807) is 16.3 Å². The molecule has 134 valence electrons. The summed E-state index contributed by atoms with van der Waals surface area (Å²) in [5, 5.41) is 11.6. The number of thiophene rings is 1. The van der Waals surface area contributed by atoms with Gasteiger partial charge in [0.25, 0.3) is 0 Å². The first-order chi connectivity index (χ1) is 11.7. The molecule has 4 nitrogen and oxygen atoms in total. The van der Waals surface area contributed by atoms with E-state index in [1.807, 2.05) is 32.2 Å². The van der Waals surface area contributed by atoms with Crippen molar-refractivity contribution in [3.63, 3.8) is 0 Å². The van der Waals surface area contributed by atoms with Crippen LogP contribution in [0, 0.1) is 12.3 Å². The van der Waals surface area contributed by atoms with Crippen LogP contribution in [0.1, 0.15) is 52.2 Å². The molecule has 0 fully saturated rings. The molecule has 0 saturated heterocycles. The monoisotopic (exact) mass is 358 g/mol. The van der Waals surface area contributed by atoms with Crippen LogP contribution in [0.4, 0.5) is 0 Å². The van der Waals surface area contributed by atoms with Crippen LogP contribution in [0.3, 0.4) is 0 Å². The number of rotatable bonds is 4. The van der Waals surface area contributed by atoms with E-state index in [0.29, 0.717) is 12.1 Å². The van der Waals surface area contributed by atoms with Gasteiger partial charge in [-0.2, -0.15) is 0 Å². The molecule has 0 spiro atoms. The van der Waals surface area contributed by atoms with Gasteiger partial charge in [-0.1, -0.05) is 32.0 Å². The van der Waals surface area contributed by atoms with Gasteiger partial charge >= 0.3 is 5.97 Å². The predicted octanol–water partition coefficient (Wildman–Crippen LogP) is 4.24. The minimum atomic E-state index is -0.819. The zero-order valence-corrected chi connectivity index (χ0v) is 16.2. The van der Waals surface area contributed by atoms with E-state index in [4.69, 9.17) is 5.84 Å². The molecule has 2 aromatic rings. The third-order valence-corrected chi connectivity index (χ3v) is 6.30. The highest BCUT2D eigenvalue weighted by Crippen LogP contribution is 2.46. The van der Waals surface area contributed by atoms with E-state index in [1.165, 1.54) is 4.88 Å². The second kappa shape index (κ2) is 6.56. The Kier molecular flexibility index (Phi) is 4.75. The maximum Gasteiger partial charge on any atom is 0.337 e. The number of carboxylic acids is 1. The molecule has 0 amide bonds. The minimum Gasteiger partial charge on any atom is -0.478 e. The molecule has 3 N–H and O–H groups in total. The Labute approximate surface area is 153 Å². The Balaban J connectivity index is 2.23. The molecule has 1 aliphatic rings. The van der Waals surface area contributed by atoms with Crippen molar-refractivity contribution < 1.29 is 9.90 Å².